The first-order valence-corrected chi connectivity index (χ1v) is 14.0. The highest BCUT2D eigenvalue weighted by atomic mass is 16.5. The van der Waals surface area contributed by atoms with Crippen molar-refractivity contribution in [2.75, 3.05) is 13.2 Å². The minimum Gasteiger partial charge on any atom is -0.466 e. The van der Waals surface area contributed by atoms with Crippen LogP contribution in [0.4, 0.5) is 0 Å². The van der Waals surface area contributed by atoms with Gasteiger partial charge in [-0.1, -0.05) is 116 Å². The maximum atomic E-state index is 12.4. The zero-order valence-electron chi connectivity index (χ0n) is 21.3. The van der Waals surface area contributed by atoms with Gasteiger partial charge in [0.05, 0.1) is 25.0 Å². The molecule has 0 aromatic heterocycles. The number of esters is 2. The van der Waals surface area contributed by atoms with E-state index in [0.717, 1.165) is 38.5 Å². The van der Waals surface area contributed by atoms with Crippen molar-refractivity contribution < 1.29 is 19.1 Å². The Morgan fingerprint density at radius 3 is 1.34 bits per heavy atom. The van der Waals surface area contributed by atoms with Crippen LogP contribution in [-0.2, 0) is 19.1 Å². The van der Waals surface area contributed by atoms with Crippen molar-refractivity contribution in [1.82, 2.24) is 0 Å². The molecule has 4 heteroatoms. The maximum Gasteiger partial charge on any atom is 0.309 e. The highest BCUT2D eigenvalue weighted by molar-refractivity contribution is 5.82. The normalized spacial score (nSPS) is 18.4. The van der Waals surface area contributed by atoms with Crippen molar-refractivity contribution in [1.29, 1.82) is 0 Å². The molecule has 1 saturated carbocycles. The van der Waals surface area contributed by atoms with Crippen LogP contribution < -0.4 is 0 Å². The van der Waals surface area contributed by atoms with E-state index in [2.05, 4.69) is 6.92 Å². The molecule has 1 aliphatic rings. The van der Waals surface area contributed by atoms with Gasteiger partial charge >= 0.3 is 11.9 Å². The molecule has 2 atom stereocenters. The van der Waals surface area contributed by atoms with E-state index in [-0.39, 0.29) is 23.8 Å². The molecule has 0 N–H and O–H groups in total. The zero-order chi connectivity index (χ0) is 23.3. The molecule has 2 unspecified atom stereocenters. The monoisotopic (exact) mass is 452 g/mol. The highest BCUT2D eigenvalue weighted by Crippen LogP contribution is 2.32. The largest absolute Gasteiger partial charge is 0.466 e. The maximum absolute atomic E-state index is 12.4. The Morgan fingerprint density at radius 1 is 0.562 bits per heavy atom. The average Bonchev–Trinajstić information content (AvgIpc) is 2.81. The first-order chi connectivity index (χ1) is 15.7. The van der Waals surface area contributed by atoms with Crippen LogP contribution in [0.5, 0.6) is 0 Å². The Hall–Kier alpha value is -1.06. The molecule has 0 aliphatic heterocycles. The van der Waals surface area contributed by atoms with E-state index in [4.69, 9.17) is 9.47 Å². The second-order valence-electron chi connectivity index (χ2n) is 9.72. The van der Waals surface area contributed by atoms with Crippen LogP contribution >= 0.6 is 0 Å². The number of carbonyl (C=O) groups excluding carboxylic acids is 2. The van der Waals surface area contributed by atoms with Crippen molar-refractivity contribution in [3.63, 3.8) is 0 Å². The molecule has 0 radical (unpaired) electrons. The number of rotatable bonds is 20. The van der Waals surface area contributed by atoms with Gasteiger partial charge in [-0.25, -0.2) is 0 Å². The number of carbonyl (C=O) groups is 2. The van der Waals surface area contributed by atoms with Crippen LogP contribution in [0.1, 0.15) is 142 Å². The van der Waals surface area contributed by atoms with Gasteiger partial charge in [0, 0.05) is 0 Å². The second-order valence-corrected chi connectivity index (χ2v) is 9.72. The molecular weight excluding hydrogens is 400 g/mol. The molecule has 0 saturated heterocycles. The molecule has 0 heterocycles. The van der Waals surface area contributed by atoms with E-state index in [0.29, 0.717) is 13.2 Å². The van der Waals surface area contributed by atoms with Gasteiger partial charge in [-0.15, -0.1) is 0 Å². The van der Waals surface area contributed by atoms with Gasteiger partial charge in [-0.2, -0.15) is 0 Å². The lowest BCUT2D eigenvalue weighted by Gasteiger charge is -2.28. The van der Waals surface area contributed by atoms with Crippen molar-refractivity contribution in [2.24, 2.45) is 11.8 Å². The summed E-state index contributed by atoms with van der Waals surface area (Å²) in [5.41, 5.74) is 0. The third-order valence-electron chi connectivity index (χ3n) is 6.90. The minimum atomic E-state index is -0.304. The van der Waals surface area contributed by atoms with Crippen molar-refractivity contribution in [2.45, 2.75) is 142 Å². The molecule has 0 aromatic carbocycles. The third-order valence-corrected chi connectivity index (χ3v) is 6.90. The molecule has 1 rings (SSSR count). The van der Waals surface area contributed by atoms with Gasteiger partial charge < -0.3 is 9.47 Å². The van der Waals surface area contributed by atoms with Gasteiger partial charge in [0.25, 0.3) is 0 Å². The lowest BCUT2D eigenvalue weighted by Crippen LogP contribution is -2.35. The summed E-state index contributed by atoms with van der Waals surface area (Å²) in [6, 6.07) is 0. The molecule has 188 valence electrons. The fourth-order valence-electron chi connectivity index (χ4n) is 4.87. The standard InChI is InChI=1S/C28H52O4/c1-3-5-6-7-8-9-10-11-12-13-14-15-16-17-18-21-24-32-28(30)26-23-20-19-22-25(26)27(29)31-4-2/h25-26H,3-24H2,1-2H3. The fraction of sp³-hybridized carbons (Fsp3) is 0.929. The number of unbranched alkanes of at least 4 members (excludes halogenated alkanes) is 15. The quantitative estimate of drug-likeness (QED) is 0.138. The third kappa shape index (κ3) is 14.2. The van der Waals surface area contributed by atoms with Crippen LogP contribution in [-0.4, -0.2) is 25.2 Å². The Morgan fingerprint density at radius 2 is 0.938 bits per heavy atom. The van der Waals surface area contributed by atoms with E-state index in [9.17, 15) is 9.59 Å². The number of hydrogen-bond acceptors (Lipinski definition) is 4. The van der Waals surface area contributed by atoms with Crippen LogP contribution in [0, 0.1) is 11.8 Å². The summed E-state index contributed by atoms with van der Waals surface area (Å²) in [5.74, 6) is -1.02. The van der Waals surface area contributed by atoms with Crippen molar-refractivity contribution in [3.05, 3.63) is 0 Å². The molecule has 0 amide bonds. The fourth-order valence-corrected chi connectivity index (χ4v) is 4.87. The lowest BCUT2D eigenvalue weighted by molar-refractivity contribution is -0.162. The minimum absolute atomic E-state index is 0.191. The lowest BCUT2D eigenvalue weighted by atomic mass is 9.79. The highest BCUT2D eigenvalue weighted by Gasteiger charge is 2.37. The molecule has 0 bridgehead atoms. The summed E-state index contributed by atoms with van der Waals surface area (Å²) in [4.78, 5) is 24.6. The number of hydrogen-bond donors (Lipinski definition) is 0. The Bertz CT molecular complexity index is 462. The molecule has 32 heavy (non-hydrogen) atoms. The summed E-state index contributed by atoms with van der Waals surface area (Å²) in [6.45, 7) is 4.95. The summed E-state index contributed by atoms with van der Waals surface area (Å²) in [6.07, 6.45) is 24.8. The van der Waals surface area contributed by atoms with E-state index in [1.165, 1.54) is 89.9 Å². The first-order valence-electron chi connectivity index (χ1n) is 14.0. The Kier molecular flexibility index (Phi) is 18.6. The van der Waals surface area contributed by atoms with E-state index < -0.39 is 0 Å². The van der Waals surface area contributed by atoms with Gasteiger partial charge in [-0.3, -0.25) is 9.59 Å². The second kappa shape index (κ2) is 20.5. The van der Waals surface area contributed by atoms with Gasteiger partial charge in [0.15, 0.2) is 0 Å². The summed E-state index contributed by atoms with van der Waals surface area (Å²) in [5, 5.41) is 0. The van der Waals surface area contributed by atoms with Crippen molar-refractivity contribution in [3.8, 4) is 0 Å². The predicted molar refractivity (Wildman–Crippen MR) is 133 cm³/mol. The predicted octanol–water partition coefficient (Wildman–Crippen LogP) is 8.16. The molecule has 0 spiro atoms. The van der Waals surface area contributed by atoms with E-state index >= 15 is 0 Å². The molecule has 1 fully saturated rings. The van der Waals surface area contributed by atoms with E-state index in [1.54, 1.807) is 0 Å². The summed E-state index contributed by atoms with van der Waals surface area (Å²) in [7, 11) is 0. The Balaban J connectivity index is 1.91. The van der Waals surface area contributed by atoms with Crippen LogP contribution in [0.2, 0.25) is 0 Å². The van der Waals surface area contributed by atoms with Crippen LogP contribution in [0.25, 0.3) is 0 Å². The number of ether oxygens (including phenoxy) is 2. The van der Waals surface area contributed by atoms with Crippen LogP contribution in [0.3, 0.4) is 0 Å². The first kappa shape index (κ1) is 29.0. The van der Waals surface area contributed by atoms with Crippen molar-refractivity contribution >= 4 is 11.9 Å². The summed E-state index contributed by atoms with van der Waals surface area (Å²) >= 11 is 0. The smallest absolute Gasteiger partial charge is 0.309 e. The van der Waals surface area contributed by atoms with Gasteiger partial charge in [0.1, 0.15) is 0 Å². The SMILES string of the molecule is CCCCCCCCCCCCCCCCCCOC(=O)C1CCCCC1C(=O)OCC. The molecule has 0 aromatic rings. The molecule has 4 nitrogen and oxygen atoms in total. The topological polar surface area (TPSA) is 52.6 Å². The molecular formula is C28H52O4. The molecule has 1 aliphatic carbocycles. The van der Waals surface area contributed by atoms with E-state index in [1.807, 2.05) is 6.92 Å². The zero-order valence-corrected chi connectivity index (χ0v) is 21.3. The van der Waals surface area contributed by atoms with Gasteiger partial charge in [0.2, 0.25) is 0 Å². The average molecular weight is 453 g/mol. The van der Waals surface area contributed by atoms with Crippen LogP contribution in [0.15, 0.2) is 0 Å². The van der Waals surface area contributed by atoms with Gasteiger partial charge in [-0.05, 0) is 26.2 Å². The summed E-state index contributed by atoms with van der Waals surface area (Å²) < 4.78 is 10.7. The Labute approximate surface area is 198 Å².